The third-order valence-corrected chi connectivity index (χ3v) is 4.96. The summed E-state index contributed by atoms with van der Waals surface area (Å²) >= 11 is 0. The summed E-state index contributed by atoms with van der Waals surface area (Å²) in [5, 5.41) is 17.9. The molecule has 1 aliphatic heterocycles. The van der Waals surface area contributed by atoms with E-state index in [1.807, 2.05) is 0 Å². The molecular formula is C12H15NO6S. The number of carbonyl (C=O) groups is 1. The molecule has 20 heavy (non-hydrogen) atoms. The van der Waals surface area contributed by atoms with Gasteiger partial charge in [-0.3, -0.25) is 4.72 Å². The van der Waals surface area contributed by atoms with Gasteiger partial charge in [-0.1, -0.05) is 0 Å². The van der Waals surface area contributed by atoms with E-state index in [1.165, 1.54) is 6.07 Å². The van der Waals surface area contributed by atoms with Gasteiger partial charge in [0, 0.05) is 13.2 Å². The molecule has 0 aliphatic carbocycles. The average molecular weight is 301 g/mol. The number of benzene rings is 1. The van der Waals surface area contributed by atoms with Crippen LogP contribution in [0.25, 0.3) is 0 Å². The molecule has 0 bridgehead atoms. The highest BCUT2D eigenvalue weighted by atomic mass is 32.2. The predicted molar refractivity (Wildman–Crippen MR) is 71.4 cm³/mol. The van der Waals surface area contributed by atoms with E-state index in [9.17, 15) is 18.3 Å². The molecule has 0 spiro atoms. The smallest absolute Gasteiger partial charge is 0.335 e. The van der Waals surface area contributed by atoms with Gasteiger partial charge in [-0.05, 0) is 31.0 Å². The van der Waals surface area contributed by atoms with Crippen LogP contribution in [0.1, 0.15) is 23.2 Å². The van der Waals surface area contributed by atoms with Crippen molar-refractivity contribution in [2.75, 3.05) is 17.9 Å². The van der Waals surface area contributed by atoms with Crippen molar-refractivity contribution in [3.63, 3.8) is 0 Å². The lowest BCUT2D eigenvalue weighted by atomic mass is 10.2. The van der Waals surface area contributed by atoms with Gasteiger partial charge in [0.1, 0.15) is 5.75 Å². The van der Waals surface area contributed by atoms with E-state index < -0.39 is 21.2 Å². The first-order valence-corrected chi connectivity index (χ1v) is 7.60. The summed E-state index contributed by atoms with van der Waals surface area (Å²) in [5.41, 5.74) is -0.233. The Bertz CT molecular complexity index is 606. The largest absolute Gasteiger partial charge is 0.506 e. The first kappa shape index (κ1) is 14.6. The molecule has 1 heterocycles. The van der Waals surface area contributed by atoms with Gasteiger partial charge < -0.3 is 14.9 Å². The van der Waals surface area contributed by atoms with Crippen LogP contribution in [0.4, 0.5) is 5.69 Å². The summed E-state index contributed by atoms with van der Waals surface area (Å²) in [6, 6.07) is 3.43. The zero-order valence-corrected chi connectivity index (χ0v) is 11.4. The van der Waals surface area contributed by atoms with Crippen LogP contribution in [0, 0.1) is 0 Å². The fourth-order valence-electron chi connectivity index (χ4n) is 1.97. The number of sulfonamides is 1. The number of hydrogen-bond donors (Lipinski definition) is 3. The van der Waals surface area contributed by atoms with E-state index in [0.29, 0.717) is 26.1 Å². The second-order valence-electron chi connectivity index (χ2n) is 4.50. The number of nitrogens with one attached hydrogen (secondary N) is 1. The molecule has 1 saturated heterocycles. The van der Waals surface area contributed by atoms with Crippen molar-refractivity contribution in [2.45, 2.75) is 18.1 Å². The van der Waals surface area contributed by atoms with Crippen molar-refractivity contribution >= 4 is 21.7 Å². The quantitative estimate of drug-likeness (QED) is 0.715. The summed E-state index contributed by atoms with van der Waals surface area (Å²) in [6.45, 7) is 0.736. The Kier molecular flexibility index (Phi) is 4.15. The zero-order valence-electron chi connectivity index (χ0n) is 10.6. The molecule has 8 heteroatoms. The Labute approximate surface area is 116 Å². The Hall–Kier alpha value is -1.80. The van der Waals surface area contributed by atoms with Crippen molar-refractivity contribution in [1.82, 2.24) is 0 Å². The summed E-state index contributed by atoms with van der Waals surface area (Å²) in [7, 11) is -3.68. The zero-order chi connectivity index (χ0) is 14.8. The number of aromatic carboxylic acids is 1. The molecular weight excluding hydrogens is 286 g/mol. The monoisotopic (exact) mass is 301 g/mol. The van der Waals surface area contributed by atoms with Crippen LogP contribution >= 0.6 is 0 Å². The second-order valence-corrected chi connectivity index (χ2v) is 6.46. The van der Waals surface area contributed by atoms with Crippen LogP contribution in [-0.2, 0) is 14.8 Å². The SMILES string of the molecule is O=C(O)c1ccc(O)c(NS(=O)(=O)C2CCOCC2)c1. The summed E-state index contributed by atoms with van der Waals surface area (Å²) in [5.74, 6) is -1.51. The second kappa shape index (κ2) is 5.68. The molecule has 1 aliphatic rings. The fourth-order valence-corrected chi connectivity index (χ4v) is 3.42. The van der Waals surface area contributed by atoms with E-state index in [2.05, 4.69) is 4.72 Å². The first-order valence-electron chi connectivity index (χ1n) is 6.06. The molecule has 1 aromatic rings. The minimum atomic E-state index is -3.68. The van der Waals surface area contributed by atoms with E-state index in [-0.39, 0.29) is 17.0 Å². The summed E-state index contributed by atoms with van der Waals surface area (Å²) < 4.78 is 31.7. The van der Waals surface area contributed by atoms with Gasteiger partial charge in [-0.15, -0.1) is 0 Å². The third kappa shape index (κ3) is 3.20. The van der Waals surface area contributed by atoms with Crippen molar-refractivity contribution in [3.05, 3.63) is 23.8 Å². The Morgan fingerprint density at radius 2 is 1.95 bits per heavy atom. The highest BCUT2D eigenvalue weighted by Crippen LogP contribution is 2.27. The Morgan fingerprint density at radius 3 is 2.55 bits per heavy atom. The first-order chi connectivity index (χ1) is 9.40. The van der Waals surface area contributed by atoms with E-state index in [4.69, 9.17) is 9.84 Å². The van der Waals surface area contributed by atoms with Crippen LogP contribution in [0.5, 0.6) is 5.75 Å². The van der Waals surface area contributed by atoms with E-state index in [0.717, 1.165) is 12.1 Å². The van der Waals surface area contributed by atoms with Gasteiger partial charge >= 0.3 is 5.97 Å². The van der Waals surface area contributed by atoms with Crippen molar-refractivity contribution in [2.24, 2.45) is 0 Å². The molecule has 0 aromatic heterocycles. The van der Waals surface area contributed by atoms with Crippen LogP contribution in [0.3, 0.4) is 0 Å². The number of rotatable bonds is 4. The van der Waals surface area contributed by atoms with Crippen molar-refractivity contribution in [1.29, 1.82) is 0 Å². The molecule has 0 amide bonds. The van der Waals surface area contributed by atoms with Crippen molar-refractivity contribution in [3.8, 4) is 5.75 Å². The molecule has 0 saturated carbocycles. The number of ether oxygens (including phenoxy) is 1. The molecule has 1 fully saturated rings. The molecule has 0 radical (unpaired) electrons. The number of aromatic hydroxyl groups is 1. The summed E-state index contributed by atoms with van der Waals surface area (Å²) in [6.07, 6.45) is 0.740. The molecule has 1 aromatic carbocycles. The lowest BCUT2D eigenvalue weighted by molar-refractivity contribution is 0.0697. The molecule has 2 rings (SSSR count). The van der Waals surface area contributed by atoms with Crippen LogP contribution in [0.15, 0.2) is 18.2 Å². The number of carboxylic acids is 1. The van der Waals surface area contributed by atoms with Gasteiger partial charge in [0.05, 0.1) is 16.5 Å². The van der Waals surface area contributed by atoms with Crippen molar-refractivity contribution < 1.29 is 28.2 Å². The molecule has 7 nitrogen and oxygen atoms in total. The average Bonchev–Trinajstić information content (AvgIpc) is 2.42. The molecule has 0 unspecified atom stereocenters. The maximum atomic E-state index is 12.2. The lowest BCUT2D eigenvalue weighted by Gasteiger charge is -2.23. The maximum Gasteiger partial charge on any atom is 0.335 e. The summed E-state index contributed by atoms with van der Waals surface area (Å²) in [4.78, 5) is 10.9. The molecule has 0 atom stereocenters. The normalized spacial score (nSPS) is 16.8. The fraction of sp³-hybridized carbons (Fsp3) is 0.417. The standard InChI is InChI=1S/C12H15NO6S/c14-11-2-1-8(12(15)16)7-10(11)13-20(17,18)9-3-5-19-6-4-9/h1-2,7,9,13-14H,3-6H2,(H,15,16). The number of anilines is 1. The van der Waals surface area contributed by atoms with Gasteiger partial charge in [-0.25, -0.2) is 13.2 Å². The van der Waals surface area contributed by atoms with Gasteiger partial charge in [0.15, 0.2) is 0 Å². The number of carboxylic acid groups (broad SMARTS) is 1. The predicted octanol–water partition coefficient (Wildman–Crippen LogP) is 1.01. The van der Waals surface area contributed by atoms with Crippen LogP contribution in [0.2, 0.25) is 0 Å². The topological polar surface area (TPSA) is 113 Å². The minimum Gasteiger partial charge on any atom is -0.506 e. The van der Waals surface area contributed by atoms with Gasteiger partial charge in [0.2, 0.25) is 10.0 Å². The third-order valence-electron chi connectivity index (χ3n) is 3.10. The highest BCUT2D eigenvalue weighted by molar-refractivity contribution is 7.93. The van der Waals surface area contributed by atoms with Gasteiger partial charge in [0.25, 0.3) is 0 Å². The lowest BCUT2D eigenvalue weighted by Crippen LogP contribution is -2.33. The number of phenols is 1. The van der Waals surface area contributed by atoms with Gasteiger partial charge in [-0.2, -0.15) is 0 Å². The van der Waals surface area contributed by atoms with E-state index in [1.54, 1.807) is 0 Å². The van der Waals surface area contributed by atoms with E-state index >= 15 is 0 Å². The Balaban J connectivity index is 2.24. The highest BCUT2D eigenvalue weighted by Gasteiger charge is 2.28. The number of hydrogen-bond acceptors (Lipinski definition) is 5. The van der Waals surface area contributed by atoms with Crippen LogP contribution in [-0.4, -0.2) is 43.1 Å². The molecule has 110 valence electrons. The van der Waals surface area contributed by atoms with Crippen LogP contribution < -0.4 is 4.72 Å². The Morgan fingerprint density at radius 1 is 1.30 bits per heavy atom. The minimum absolute atomic E-state index is 0.104. The number of phenolic OH excluding ortho intramolecular Hbond substituents is 1. The maximum absolute atomic E-state index is 12.2. The molecule has 3 N–H and O–H groups in total.